The van der Waals surface area contributed by atoms with Crippen LogP contribution in [0.1, 0.15) is 17.5 Å². The molecular weight excluding hydrogens is 236 g/mol. The smallest absolute Gasteiger partial charge is 0.227 e. The lowest BCUT2D eigenvalue weighted by Gasteiger charge is -2.41. The highest BCUT2D eigenvalue weighted by atomic mass is 16.2. The normalized spacial score (nSPS) is 26.3. The van der Waals surface area contributed by atoms with Crippen LogP contribution in [0.25, 0.3) is 0 Å². The number of amides is 1. The van der Waals surface area contributed by atoms with Gasteiger partial charge in [-0.15, -0.1) is 0 Å². The third kappa shape index (κ3) is 2.98. The summed E-state index contributed by atoms with van der Waals surface area (Å²) >= 11 is 0. The predicted octanol–water partition coefficient (Wildman–Crippen LogP) is 1.61. The summed E-state index contributed by atoms with van der Waals surface area (Å²) in [6, 6.07) is 8.30. The molecule has 0 aromatic heterocycles. The minimum Gasteiger partial charge on any atom is -0.342 e. The monoisotopic (exact) mass is 258 g/mol. The summed E-state index contributed by atoms with van der Waals surface area (Å²) in [5, 5.41) is 3.46. The molecule has 102 valence electrons. The molecule has 0 saturated carbocycles. The van der Waals surface area contributed by atoms with Crippen molar-refractivity contribution in [3.8, 4) is 0 Å². The molecule has 2 bridgehead atoms. The maximum Gasteiger partial charge on any atom is 0.227 e. The number of carbonyl (C=O) groups is 1. The van der Waals surface area contributed by atoms with Crippen LogP contribution in [-0.4, -0.2) is 37.0 Å². The fourth-order valence-electron chi connectivity index (χ4n) is 3.30. The van der Waals surface area contributed by atoms with Crippen molar-refractivity contribution in [3.63, 3.8) is 0 Å². The molecule has 3 rings (SSSR count). The highest BCUT2D eigenvalue weighted by molar-refractivity contribution is 5.79. The molecule has 2 saturated heterocycles. The van der Waals surface area contributed by atoms with Gasteiger partial charge in [0.1, 0.15) is 0 Å². The average Bonchev–Trinajstić information content (AvgIpc) is 2.41. The van der Waals surface area contributed by atoms with Crippen LogP contribution < -0.4 is 5.32 Å². The average molecular weight is 258 g/mol. The summed E-state index contributed by atoms with van der Waals surface area (Å²) in [7, 11) is 0. The minimum atomic E-state index is 0.292. The van der Waals surface area contributed by atoms with E-state index in [1.165, 1.54) is 12.0 Å². The van der Waals surface area contributed by atoms with E-state index >= 15 is 0 Å². The van der Waals surface area contributed by atoms with Crippen LogP contribution in [0.15, 0.2) is 24.3 Å². The van der Waals surface area contributed by atoms with E-state index in [9.17, 15) is 4.79 Å². The zero-order chi connectivity index (χ0) is 13.2. The van der Waals surface area contributed by atoms with E-state index in [-0.39, 0.29) is 0 Å². The number of benzene rings is 1. The molecule has 0 radical (unpaired) electrons. The largest absolute Gasteiger partial charge is 0.342 e. The summed E-state index contributed by atoms with van der Waals surface area (Å²) in [5.41, 5.74) is 2.37. The Labute approximate surface area is 115 Å². The van der Waals surface area contributed by atoms with Crippen molar-refractivity contribution in [1.82, 2.24) is 10.2 Å². The molecule has 0 aliphatic carbocycles. The second-order valence-electron chi connectivity index (χ2n) is 6.09. The molecule has 2 unspecified atom stereocenters. The number of fused-ring (bicyclic) bond motifs is 2. The maximum absolute atomic E-state index is 12.4. The van der Waals surface area contributed by atoms with Crippen molar-refractivity contribution >= 4 is 5.91 Å². The summed E-state index contributed by atoms with van der Waals surface area (Å²) < 4.78 is 0. The Hall–Kier alpha value is -1.35. The predicted molar refractivity (Wildman–Crippen MR) is 75.9 cm³/mol. The van der Waals surface area contributed by atoms with Crippen molar-refractivity contribution in [2.24, 2.45) is 11.8 Å². The van der Waals surface area contributed by atoms with E-state index in [1.54, 1.807) is 0 Å². The van der Waals surface area contributed by atoms with Gasteiger partial charge >= 0.3 is 0 Å². The van der Waals surface area contributed by atoms with Crippen molar-refractivity contribution in [1.29, 1.82) is 0 Å². The van der Waals surface area contributed by atoms with Gasteiger partial charge in [-0.05, 0) is 43.8 Å². The third-order valence-corrected chi connectivity index (χ3v) is 4.32. The zero-order valence-corrected chi connectivity index (χ0v) is 11.6. The van der Waals surface area contributed by atoms with Gasteiger partial charge < -0.3 is 10.2 Å². The van der Waals surface area contributed by atoms with Gasteiger partial charge in [0, 0.05) is 13.1 Å². The Morgan fingerprint density at radius 3 is 2.47 bits per heavy atom. The van der Waals surface area contributed by atoms with Gasteiger partial charge in [0.15, 0.2) is 0 Å². The summed E-state index contributed by atoms with van der Waals surface area (Å²) in [6.07, 6.45) is 1.84. The second kappa shape index (κ2) is 5.33. The Morgan fingerprint density at radius 1 is 1.21 bits per heavy atom. The Balaban J connectivity index is 1.62. The first kappa shape index (κ1) is 12.7. The van der Waals surface area contributed by atoms with Gasteiger partial charge in [0.2, 0.25) is 5.91 Å². The van der Waals surface area contributed by atoms with Crippen LogP contribution in [0.4, 0.5) is 0 Å². The molecule has 1 aromatic rings. The number of likely N-dealkylation sites (tertiary alicyclic amines) is 1. The molecule has 0 spiro atoms. The Morgan fingerprint density at radius 2 is 1.84 bits per heavy atom. The second-order valence-corrected chi connectivity index (χ2v) is 6.09. The highest BCUT2D eigenvalue weighted by Gasteiger charge is 2.32. The Kier molecular flexibility index (Phi) is 3.56. The van der Waals surface area contributed by atoms with Crippen molar-refractivity contribution in [3.05, 3.63) is 35.4 Å². The highest BCUT2D eigenvalue weighted by Crippen LogP contribution is 2.24. The Bertz CT molecular complexity index is 442. The molecule has 1 N–H and O–H groups in total. The van der Waals surface area contributed by atoms with Crippen LogP contribution >= 0.6 is 0 Å². The number of aryl methyl sites for hydroxylation is 1. The lowest BCUT2D eigenvalue weighted by atomic mass is 9.85. The van der Waals surface area contributed by atoms with Gasteiger partial charge in [0.25, 0.3) is 0 Å². The van der Waals surface area contributed by atoms with Crippen LogP contribution in [0.3, 0.4) is 0 Å². The molecule has 19 heavy (non-hydrogen) atoms. The van der Waals surface area contributed by atoms with Crippen molar-refractivity contribution in [2.75, 3.05) is 26.2 Å². The number of rotatable bonds is 2. The molecule has 3 heteroatoms. The number of piperidine rings is 2. The maximum atomic E-state index is 12.4. The molecule has 1 amide bonds. The third-order valence-electron chi connectivity index (χ3n) is 4.32. The quantitative estimate of drug-likeness (QED) is 0.874. The molecule has 2 heterocycles. The van der Waals surface area contributed by atoms with Gasteiger partial charge in [0.05, 0.1) is 6.42 Å². The van der Waals surface area contributed by atoms with Crippen LogP contribution in [0, 0.1) is 18.8 Å². The summed E-state index contributed by atoms with van der Waals surface area (Å²) in [6.45, 7) is 6.10. The molecule has 3 nitrogen and oxygen atoms in total. The van der Waals surface area contributed by atoms with E-state index in [0.29, 0.717) is 24.2 Å². The van der Waals surface area contributed by atoms with Crippen molar-refractivity contribution < 1.29 is 4.79 Å². The molecule has 2 aliphatic heterocycles. The molecule has 2 atom stereocenters. The number of carbonyl (C=O) groups excluding carboxylic acids is 1. The minimum absolute atomic E-state index is 0.292. The van der Waals surface area contributed by atoms with E-state index in [0.717, 1.165) is 31.7 Å². The topological polar surface area (TPSA) is 32.3 Å². The first-order valence-electron chi connectivity index (χ1n) is 7.25. The van der Waals surface area contributed by atoms with E-state index in [4.69, 9.17) is 0 Å². The summed E-state index contributed by atoms with van der Waals surface area (Å²) in [5.74, 6) is 1.62. The first-order valence-corrected chi connectivity index (χ1v) is 7.25. The van der Waals surface area contributed by atoms with Gasteiger partial charge in [-0.2, -0.15) is 0 Å². The molecule has 2 fully saturated rings. The van der Waals surface area contributed by atoms with E-state index < -0.39 is 0 Å². The standard InChI is InChI=1S/C16H22N2O/c1-12-2-4-13(5-3-12)7-16(19)18-10-14-6-15(11-18)9-17-8-14/h2-5,14-15,17H,6-11H2,1H3. The lowest BCUT2D eigenvalue weighted by Crippen LogP contribution is -2.53. The van der Waals surface area contributed by atoms with E-state index in [1.807, 2.05) is 0 Å². The molecular formula is C16H22N2O. The number of hydrogen-bond donors (Lipinski definition) is 1. The van der Waals surface area contributed by atoms with Gasteiger partial charge in [-0.25, -0.2) is 0 Å². The SMILES string of the molecule is Cc1ccc(CC(=O)N2CC3CNCC(C3)C2)cc1. The van der Waals surface area contributed by atoms with Crippen LogP contribution in [0.2, 0.25) is 0 Å². The van der Waals surface area contributed by atoms with Crippen LogP contribution in [0.5, 0.6) is 0 Å². The first-order chi connectivity index (χ1) is 9.20. The number of hydrogen-bond acceptors (Lipinski definition) is 2. The molecule has 2 aliphatic rings. The van der Waals surface area contributed by atoms with Gasteiger partial charge in [-0.3, -0.25) is 4.79 Å². The van der Waals surface area contributed by atoms with E-state index in [2.05, 4.69) is 41.4 Å². The lowest BCUT2D eigenvalue weighted by molar-refractivity contribution is -0.133. The fraction of sp³-hybridized carbons (Fsp3) is 0.562. The fourth-order valence-corrected chi connectivity index (χ4v) is 3.30. The number of nitrogens with one attached hydrogen (secondary N) is 1. The number of nitrogens with zero attached hydrogens (tertiary/aromatic N) is 1. The summed E-state index contributed by atoms with van der Waals surface area (Å²) in [4.78, 5) is 14.5. The zero-order valence-electron chi connectivity index (χ0n) is 11.6. The molecule has 1 aromatic carbocycles. The van der Waals surface area contributed by atoms with Crippen molar-refractivity contribution in [2.45, 2.75) is 19.8 Å². The van der Waals surface area contributed by atoms with Crippen LogP contribution in [-0.2, 0) is 11.2 Å². The van der Waals surface area contributed by atoms with Gasteiger partial charge in [-0.1, -0.05) is 29.8 Å².